The Morgan fingerprint density at radius 3 is 2.23 bits per heavy atom. The van der Waals surface area contributed by atoms with Gasteiger partial charge in [-0.3, -0.25) is 0 Å². The molecule has 0 spiro atoms. The van der Waals surface area contributed by atoms with Crippen LogP contribution < -0.4 is 4.74 Å². The van der Waals surface area contributed by atoms with E-state index in [1.165, 1.54) is 13.0 Å². The first-order valence-corrected chi connectivity index (χ1v) is 5.57. The summed E-state index contributed by atoms with van der Waals surface area (Å²) in [6.07, 6.45) is -10.4. The van der Waals surface area contributed by atoms with Crippen molar-refractivity contribution in [3.8, 4) is 11.8 Å². The third kappa shape index (κ3) is 4.28. The molecule has 0 heterocycles. The molecule has 0 aliphatic heterocycles. The zero-order chi connectivity index (χ0) is 17.1. The number of benzene rings is 1. The lowest BCUT2D eigenvalue weighted by molar-refractivity contribution is -0.274. The minimum absolute atomic E-state index is 0.0133. The molecule has 120 valence electrons. The summed E-state index contributed by atoms with van der Waals surface area (Å²) < 4.78 is 82.7. The van der Waals surface area contributed by atoms with Crippen LogP contribution in [0.15, 0.2) is 12.1 Å². The summed E-state index contributed by atoms with van der Waals surface area (Å²) >= 11 is 0. The highest BCUT2D eigenvalue weighted by molar-refractivity contribution is 5.95. The fourth-order valence-corrected chi connectivity index (χ4v) is 1.49. The first-order chi connectivity index (χ1) is 9.99. The maximum Gasteiger partial charge on any atom is 0.573 e. The Balaban J connectivity index is 3.58. The number of alkyl halides is 6. The number of hydrogen-bond donors (Lipinski definition) is 0. The molecule has 1 aromatic carbocycles. The fourth-order valence-electron chi connectivity index (χ4n) is 1.49. The minimum Gasteiger partial charge on any atom is -0.462 e. The van der Waals surface area contributed by atoms with E-state index in [-0.39, 0.29) is 18.7 Å². The maximum absolute atomic E-state index is 12.6. The quantitative estimate of drug-likeness (QED) is 0.628. The Morgan fingerprint density at radius 2 is 1.82 bits per heavy atom. The standard InChI is InChI=1S/C12H7F6NO3/c1-2-21-10(20)9-6(5-19)3-7(11(13,14)15)4-8(9)22-12(16,17)18/h3-4H,2H2,1H3. The molecule has 0 unspecified atom stereocenters. The molecular formula is C12H7F6NO3. The molecule has 0 atom stereocenters. The lowest BCUT2D eigenvalue weighted by Crippen LogP contribution is -2.21. The van der Waals surface area contributed by atoms with Crippen LogP contribution >= 0.6 is 0 Å². The van der Waals surface area contributed by atoms with Gasteiger partial charge in [0.15, 0.2) is 0 Å². The molecule has 0 aliphatic rings. The molecule has 0 aromatic heterocycles. The van der Waals surface area contributed by atoms with Crippen molar-refractivity contribution in [2.75, 3.05) is 6.61 Å². The summed E-state index contributed by atoms with van der Waals surface area (Å²) in [4.78, 5) is 11.6. The van der Waals surface area contributed by atoms with Gasteiger partial charge in [0.25, 0.3) is 0 Å². The van der Waals surface area contributed by atoms with Crippen molar-refractivity contribution in [2.24, 2.45) is 0 Å². The molecule has 1 aromatic rings. The zero-order valence-corrected chi connectivity index (χ0v) is 10.8. The summed E-state index contributed by atoms with van der Waals surface area (Å²) in [6.45, 7) is 1.08. The van der Waals surface area contributed by atoms with Crippen molar-refractivity contribution >= 4 is 5.97 Å². The number of halogens is 6. The summed E-state index contributed by atoms with van der Waals surface area (Å²) in [7, 11) is 0. The van der Waals surface area contributed by atoms with Crippen LogP contribution in [0.5, 0.6) is 5.75 Å². The first kappa shape index (κ1) is 17.6. The Hall–Kier alpha value is -2.44. The van der Waals surface area contributed by atoms with Crippen LogP contribution in [0.25, 0.3) is 0 Å². The van der Waals surface area contributed by atoms with E-state index in [1.807, 2.05) is 0 Å². The second-order valence-electron chi connectivity index (χ2n) is 3.77. The highest BCUT2D eigenvalue weighted by Crippen LogP contribution is 2.37. The molecule has 10 heteroatoms. The van der Waals surface area contributed by atoms with Crippen molar-refractivity contribution in [1.29, 1.82) is 5.26 Å². The average Bonchev–Trinajstić information content (AvgIpc) is 2.34. The van der Waals surface area contributed by atoms with Crippen molar-refractivity contribution < 1.29 is 40.6 Å². The number of carbonyl (C=O) groups excluding carboxylic acids is 1. The molecule has 0 fully saturated rings. The van der Waals surface area contributed by atoms with Crippen LogP contribution in [-0.2, 0) is 10.9 Å². The lowest BCUT2D eigenvalue weighted by Gasteiger charge is -2.16. The van der Waals surface area contributed by atoms with E-state index in [4.69, 9.17) is 5.26 Å². The summed E-state index contributed by atoms with van der Waals surface area (Å²) in [5, 5.41) is 8.79. The molecular weight excluding hydrogens is 320 g/mol. The molecule has 1 rings (SSSR count). The number of rotatable bonds is 3. The van der Waals surface area contributed by atoms with Crippen molar-refractivity contribution in [1.82, 2.24) is 0 Å². The Kier molecular flexibility index (Phi) is 4.91. The third-order valence-electron chi connectivity index (χ3n) is 2.26. The third-order valence-corrected chi connectivity index (χ3v) is 2.26. The van der Waals surface area contributed by atoms with Gasteiger partial charge in [-0.05, 0) is 19.1 Å². The van der Waals surface area contributed by atoms with Gasteiger partial charge >= 0.3 is 18.5 Å². The second-order valence-corrected chi connectivity index (χ2v) is 3.77. The van der Waals surface area contributed by atoms with E-state index in [1.54, 1.807) is 0 Å². The van der Waals surface area contributed by atoms with Gasteiger partial charge in [-0.25, -0.2) is 4.79 Å². The maximum atomic E-state index is 12.6. The number of hydrogen-bond acceptors (Lipinski definition) is 4. The normalized spacial score (nSPS) is 11.7. The van der Waals surface area contributed by atoms with Gasteiger partial charge in [0.2, 0.25) is 0 Å². The van der Waals surface area contributed by atoms with Crippen molar-refractivity contribution in [2.45, 2.75) is 19.5 Å². The molecule has 0 aliphatic carbocycles. The van der Waals surface area contributed by atoms with E-state index in [2.05, 4.69) is 9.47 Å². The van der Waals surface area contributed by atoms with E-state index in [0.29, 0.717) is 0 Å². The van der Waals surface area contributed by atoms with E-state index in [0.717, 1.165) is 0 Å². The zero-order valence-electron chi connectivity index (χ0n) is 10.8. The van der Waals surface area contributed by atoms with Gasteiger partial charge in [0.05, 0.1) is 17.7 Å². The van der Waals surface area contributed by atoms with Crippen LogP contribution in [0.2, 0.25) is 0 Å². The Morgan fingerprint density at radius 1 is 1.23 bits per heavy atom. The van der Waals surface area contributed by atoms with Crippen LogP contribution in [0.4, 0.5) is 26.3 Å². The van der Waals surface area contributed by atoms with Crippen LogP contribution in [0.3, 0.4) is 0 Å². The van der Waals surface area contributed by atoms with Gasteiger partial charge < -0.3 is 9.47 Å². The van der Waals surface area contributed by atoms with E-state index >= 15 is 0 Å². The highest BCUT2D eigenvalue weighted by Gasteiger charge is 2.38. The predicted molar refractivity (Wildman–Crippen MR) is 58.8 cm³/mol. The Bertz CT molecular complexity index is 615. The number of nitriles is 1. The molecule has 0 saturated carbocycles. The summed E-state index contributed by atoms with van der Waals surface area (Å²) in [5.74, 6) is -2.84. The SMILES string of the molecule is CCOC(=O)c1c(C#N)cc(C(F)(F)F)cc1OC(F)(F)F. The summed E-state index contributed by atoms with van der Waals surface area (Å²) in [5.41, 5.74) is -3.52. The van der Waals surface area contributed by atoms with Crippen LogP contribution in [0.1, 0.15) is 28.4 Å². The molecule has 0 radical (unpaired) electrons. The number of nitrogens with zero attached hydrogens (tertiary/aromatic N) is 1. The number of esters is 1. The number of ether oxygens (including phenoxy) is 2. The lowest BCUT2D eigenvalue weighted by atomic mass is 10.0. The molecule has 0 bridgehead atoms. The fraction of sp³-hybridized carbons (Fsp3) is 0.333. The highest BCUT2D eigenvalue weighted by atomic mass is 19.4. The minimum atomic E-state index is -5.35. The summed E-state index contributed by atoms with van der Waals surface area (Å²) in [6, 6.07) is 1.46. The average molecular weight is 327 g/mol. The van der Waals surface area contributed by atoms with Gasteiger partial charge in [0, 0.05) is 0 Å². The van der Waals surface area contributed by atoms with Crippen LogP contribution in [-0.4, -0.2) is 18.9 Å². The monoisotopic (exact) mass is 327 g/mol. The van der Waals surface area contributed by atoms with Gasteiger partial charge in [-0.2, -0.15) is 18.4 Å². The smallest absolute Gasteiger partial charge is 0.462 e. The van der Waals surface area contributed by atoms with Gasteiger partial charge in [0.1, 0.15) is 17.4 Å². The van der Waals surface area contributed by atoms with Crippen molar-refractivity contribution in [3.05, 3.63) is 28.8 Å². The first-order valence-electron chi connectivity index (χ1n) is 5.57. The van der Waals surface area contributed by atoms with Crippen LogP contribution in [0, 0.1) is 11.3 Å². The largest absolute Gasteiger partial charge is 0.573 e. The molecule has 0 saturated heterocycles. The topological polar surface area (TPSA) is 59.3 Å². The second kappa shape index (κ2) is 6.13. The van der Waals surface area contributed by atoms with Gasteiger partial charge in [-0.1, -0.05) is 0 Å². The van der Waals surface area contributed by atoms with E-state index in [9.17, 15) is 31.1 Å². The van der Waals surface area contributed by atoms with E-state index < -0.39 is 40.9 Å². The molecule has 0 amide bonds. The Labute approximate surface area is 119 Å². The molecule has 0 N–H and O–H groups in total. The molecule has 4 nitrogen and oxygen atoms in total. The molecule has 22 heavy (non-hydrogen) atoms. The predicted octanol–water partition coefficient (Wildman–Crippen LogP) is 3.65. The number of carbonyl (C=O) groups is 1. The van der Waals surface area contributed by atoms with Gasteiger partial charge in [-0.15, -0.1) is 13.2 Å². The van der Waals surface area contributed by atoms with Crippen molar-refractivity contribution in [3.63, 3.8) is 0 Å².